The van der Waals surface area contributed by atoms with Crippen LogP contribution in [0, 0.1) is 0 Å². The quantitative estimate of drug-likeness (QED) is 0.717. The van der Waals surface area contributed by atoms with Gasteiger partial charge in [0.15, 0.2) is 0 Å². The molecule has 0 aromatic heterocycles. The van der Waals surface area contributed by atoms with Crippen molar-refractivity contribution >= 4 is 17.5 Å². The summed E-state index contributed by atoms with van der Waals surface area (Å²) in [6.07, 6.45) is 1.73. The number of likely N-dealkylation sites (N-methyl/N-ethyl adjacent to an activating group) is 1. The molecule has 0 radical (unpaired) electrons. The zero-order valence-corrected chi connectivity index (χ0v) is 11.4. The van der Waals surface area contributed by atoms with Gasteiger partial charge in [-0.05, 0) is 18.1 Å². The fraction of sp³-hybridized carbons (Fsp3) is 0.429. The zero-order chi connectivity index (χ0) is 14.3. The number of para-hydroxylation sites is 1. The van der Waals surface area contributed by atoms with E-state index in [0.717, 1.165) is 12.0 Å². The van der Waals surface area contributed by atoms with E-state index in [-0.39, 0.29) is 18.2 Å². The van der Waals surface area contributed by atoms with Crippen LogP contribution < -0.4 is 16.4 Å². The van der Waals surface area contributed by atoms with E-state index in [9.17, 15) is 9.59 Å². The summed E-state index contributed by atoms with van der Waals surface area (Å²) in [6, 6.07) is 6.72. The van der Waals surface area contributed by atoms with E-state index in [1.807, 2.05) is 25.1 Å². The summed E-state index contributed by atoms with van der Waals surface area (Å²) < 4.78 is 0. The SMILES string of the molecule is CCCC(N)C(=O)Nc1ccccc1CC(=O)NC. The molecule has 1 aromatic rings. The molecule has 0 bridgehead atoms. The molecule has 0 saturated heterocycles. The number of amides is 2. The van der Waals surface area contributed by atoms with E-state index in [4.69, 9.17) is 5.73 Å². The standard InChI is InChI=1S/C14H21N3O2/c1-3-6-11(15)14(19)17-12-8-5-4-7-10(12)9-13(18)16-2/h4-5,7-8,11H,3,6,9,15H2,1-2H3,(H,16,18)(H,17,19). The summed E-state index contributed by atoms with van der Waals surface area (Å²) in [7, 11) is 1.58. The van der Waals surface area contributed by atoms with Gasteiger partial charge in [-0.3, -0.25) is 9.59 Å². The average Bonchev–Trinajstić information content (AvgIpc) is 2.41. The molecular weight excluding hydrogens is 242 g/mol. The Balaban J connectivity index is 2.77. The van der Waals surface area contributed by atoms with Crippen molar-refractivity contribution in [2.75, 3.05) is 12.4 Å². The summed E-state index contributed by atoms with van der Waals surface area (Å²) in [5.41, 5.74) is 7.18. The van der Waals surface area contributed by atoms with Crippen LogP contribution in [0.1, 0.15) is 25.3 Å². The highest BCUT2D eigenvalue weighted by Crippen LogP contribution is 2.16. The molecule has 0 aliphatic carbocycles. The Kier molecular flexibility index (Phi) is 6.02. The van der Waals surface area contributed by atoms with Crippen molar-refractivity contribution < 1.29 is 9.59 Å². The van der Waals surface area contributed by atoms with Gasteiger partial charge in [0.1, 0.15) is 0 Å². The molecule has 0 spiro atoms. The Hall–Kier alpha value is -1.88. The first-order valence-electron chi connectivity index (χ1n) is 6.43. The van der Waals surface area contributed by atoms with Crippen molar-refractivity contribution in [3.63, 3.8) is 0 Å². The lowest BCUT2D eigenvalue weighted by molar-refractivity contribution is -0.120. The van der Waals surface area contributed by atoms with E-state index in [1.165, 1.54) is 0 Å². The molecule has 0 aliphatic rings. The van der Waals surface area contributed by atoms with Crippen LogP contribution in [0.15, 0.2) is 24.3 Å². The Bertz CT molecular complexity index is 446. The Labute approximate surface area is 113 Å². The molecule has 104 valence electrons. The molecule has 0 fully saturated rings. The second-order valence-electron chi connectivity index (χ2n) is 4.39. The third kappa shape index (κ3) is 4.71. The van der Waals surface area contributed by atoms with Gasteiger partial charge in [-0.2, -0.15) is 0 Å². The number of hydrogen-bond donors (Lipinski definition) is 3. The second kappa shape index (κ2) is 7.53. The normalized spacial score (nSPS) is 11.7. The maximum Gasteiger partial charge on any atom is 0.241 e. The summed E-state index contributed by atoms with van der Waals surface area (Å²) >= 11 is 0. The molecule has 19 heavy (non-hydrogen) atoms. The number of rotatable bonds is 6. The van der Waals surface area contributed by atoms with E-state index in [2.05, 4.69) is 10.6 Å². The van der Waals surface area contributed by atoms with Crippen LogP contribution in [0.25, 0.3) is 0 Å². The van der Waals surface area contributed by atoms with Crippen LogP contribution in [0.5, 0.6) is 0 Å². The maximum atomic E-state index is 11.9. The van der Waals surface area contributed by atoms with Crippen LogP contribution in [-0.4, -0.2) is 24.9 Å². The Morgan fingerprint density at radius 1 is 1.32 bits per heavy atom. The lowest BCUT2D eigenvalue weighted by Gasteiger charge is -2.14. The molecule has 5 heteroatoms. The van der Waals surface area contributed by atoms with Gasteiger partial charge in [0.25, 0.3) is 0 Å². The fourth-order valence-electron chi connectivity index (χ4n) is 1.73. The monoisotopic (exact) mass is 263 g/mol. The molecule has 0 aliphatic heterocycles. The van der Waals surface area contributed by atoms with Crippen LogP contribution in [0.2, 0.25) is 0 Å². The number of hydrogen-bond acceptors (Lipinski definition) is 3. The van der Waals surface area contributed by atoms with Gasteiger partial charge in [0, 0.05) is 12.7 Å². The van der Waals surface area contributed by atoms with Gasteiger partial charge in [-0.1, -0.05) is 31.5 Å². The number of anilines is 1. The summed E-state index contributed by atoms with van der Waals surface area (Å²) in [5.74, 6) is -0.314. The molecule has 1 unspecified atom stereocenters. The van der Waals surface area contributed by atoms with E-state index < -0.39 is 6.04 Å². The van der Waals surface area contributed by atoms with E-state index >= 15 is 0 Å². The van der Waals surface area contributed by atoms with Crippen molar-refractivity contribution in [3.05, 3.63) is 29.8 Å². The molecule has 5 nitrogen and oxygen atoms in total. The third-order valence-electron chi connectivity index (χ3n) is 2.84. The van der Waals surface area contributed by atoms with Crippen molar-refractivity contribution in [3.8, 4) is 0 Å². The van der Waals surface area contributed by atoms with Crippen molar-refractivity contribution in [1.29, 1.82) is 0 Å². The largest absolute Gasteiger partial charge is 0.359 e. The second-order valence-corrected chi connectivity index (χ2v) is 4.39. The molecule has 1 atom stereocenters. The van der Waals surface area contributed by atoms with Gasteiger partial charge in [-0.15, -0.1) is 0 Å². The van der Waals surface area contributed by atoms with Gasteiger partial charge in [-0.25, -0.2) is 0 Å². The molecule has 0 saturated carbocycles. The minimum atomic E-state index is -0.516. The first kappa shape index (κ1) is 15.2. The lowest BCUT2D eigenvalue weighted by Crippen LogP contribution is -2.35. The van der Waals surface area contributed by atoms with Gasteiger partial charge in [0.05, 0.1) is 12.5 Å². The summed E-state index contributed by atoms with van der Waals surface area (Å²) in [5, 5.41) is 5.34. The first-order chi connectivity index (χ1) is 9.08. The van der Waals surface area contributed by atoms with E-state index in [1.54, 1.807) is 13.1 Å². The number of carbonyl (C=O) groups is 2. The van der Waals surface area contributed by atoms with Crippen molar-refractivity contribution in [2.45, 2.75) is 32.2 Å². The van der Waals surface area contributed by atoms with Crippen LogP contribution >= 0.6 is 0 Å². The average molecular weight is 263 g/mol. The summed E-state index contributed by atoms with van der Waals surface area (Å²) in [4.78, 5) is 23.3. The van der Waals surface area contributed by atoms with Gasteiger partial charge in [0.2, 0.25) is 11.8 Å². The Morgan fingerprint density at radius 3 is 2.63 bits per heavy atom. The zero-order valence-electron chi connectivity index (χ0n) is 11.4. The highest BCUT2D eigenvalue weighted by atomic mass is 16.2. The molecule has 0 heterocycles. The van der Waals surface area contributed by atoms with Crippen molar-refractivity contribution in [1.82, 2.24) is 5.32 Å². The number of benzene rings is 1. The van der Waals surface area contributed by atoms with E-state index in [0.29, 0.717) is 12.1 Å². The minimum absolute atomic E-state index is 0.0976. The van der Waals surface area contributed by atoms with Gasteiger partial charge < -0.3 is 16.4 Å². The smallest absolute Gasteiger partial charge is 0.241 e. The highest BCUT2D eigenvalue weighted by Gasteiger charge is 2.14. The lowest BCUT2D eigenvalue weighted by atomic mass is 10.1. The predicted octanol–water partition coefficient (Wildman–Crippen LogP) is 1.04. The fourth-order valence-corrected chi connectivity index (χ4v) is 1.73. The highest BCUT2D eigenvalue weighted by molar-refractivity contribution is 5.96. The number of nitrogens with two attached hydrogens (primary N) is 1. The van der Waals surface area contributed by atoms with Crippen LogP contribution in [0.4, 0.5) is 5.69 Å². The molecule has 2 amide bonds. The van der Waals surface area contributed by atoms with Crippen LogP contribution in [0.3, 0.4) is 0 Å². The molecule has 4 N–H and O–H groups in total. The first-order valence-corrected chi connectivity index (χ1v) is 6.43. The van der Waals surface area contributed by atoms with Crippen molar-refractivity contribution in [2.24, 2.45) is 5.73 Å². The molecule has 1 rings (SSSR count). The predicted molar refractivity (Wildman–Crippen MR) is 75.7 cm³/mol. The van der Waals surface area contributed by atoms with Crippen LogP contribution in [-0.2, 0) is 16.0 Å². The number of nitrogens with one attached hydrogen (secondary N) is 2. The topological polar surface area (TPSA) is 84.2 Å². The maximum absolute atomic E-state index is 11.9. The Morgan fingerprint density at radius 2 is 2.00 bits per heavy atom. The number of carbonyl (C=O) groups excluding carboxylic acids is 2. The van der Waals surface area contributed by atoms with Gasteiger partial charge >= 0.3 is 0 Å². The third-order valence-corrected chi connectivity index (χ3v) is 2.84. The summed E-state index contributed by atoms with van der Waals surface area (Å²) in [6.45, 7) is 1.98. The molecular formula is C14H21N3O2. The molecule has 1 aromatic carbocycles. The minimum Gasteiger partial charge on any atom is -0.359 e.